The Morgan fingerprint density at radius 3 is 3.00 bits per heavy atom. The highest BCUT2D eigenvalue weighted by molar-refractivity contribution is 9.10. The molecule has 0 aliphatic heterocycles. The fourth-order valence-electron chi connectivity index (χ4n) is 3.02. The molecule has 1 N–H and O–H groups in total. The lowest BCUT2D eigenvalue weighted by Gasteiger charge is -2.44. The summed E-state index contributed by atoms with van der Waals surface area (Å²) in [4.78, 5) is 4.52. The highest BCUT2D eigenvalue weighted by atomic mass is 79.9. The summed E-state index contributed by atoms with van der Waals surface area (Å²) in [6.45, 7) is 8.15. The number of thioether (sulfide) groups is 1. The van der Waals surface area contributed by atoms with E-state index in [0.717, 1.165) is 16.0 Å². The molecule has 0 aromatic carbocycles. The van der Waals surface area contributed by atoms with E-state index < -0.39 is 0 Å². The molecule has 1 saturated carbocycles. The van der Waals surface area contributed by atoms with Crippen LogP contribution in [-0.4, -0.2) is 22.8 Å². The van der Waals surface area contributed by atoms with E-state index in [1.54, 1.807) is 0 Å². The predicted octanol–water partition coefficient (Wildman–Crippen LogP) is 4.88. The number of hydrogen-bond acceptors (Lipinski definition) is 3. The second-order valence-electron chi connectivity index (χ2n) is 6.26. The first-order valence-electron chi connectivity index (χ1n) is 7.55. The lowest BCUT2D eigenvalue weighted by Crippen LogP contribution is -2.51. The van der Waals surface area contributed by atoms with Crippen molar-refractivity contribution in [3.8, 4) is 0 Å². The number of hydrogen-bond donors (Lipinski definition) is 1. The van der Waals surface area contributed by atoms with Crippen molar-refractivity contribution in [1.29, 1.82) is 0 Å². The predicted molar refractivity (Wildman–Crippen MR) is 91.3 cm³/mol. The molecule has 2 unspecified atom stereocenters. The molecule has 1 aliphatic carbocycles. The van der Waals surface area contributed by atoms with Crippen LogP contribution in [0.4, 0.5) is 0 Å². The van der Waals surface area contributed by atoms with Crippen LogP contribution >= 0.6 is 27.7 Å². The fourth-order valence-corrected chi connectivity index (χ4v) is 5.03. The first-order valence-corrected chi connectivity index (χ1v) is 9.22. The average molecular weight is 357 g/mol. The second kappa shape index (κ2) is 7.28. The number of nitrogens with zero attached hydrogens (tertiary/aromatic N) is 1. The summed E-state index contributed by atoms with van der Waals surface area (Å²) in [7, 11) is 0. The van der Waals surface area contributed by atoms with Crippen LogP contribution in [0, 0.1) is 5.41 Å². The molecule has 2 nitrogen and oxygen atoms in total. The number of rotatable bonds is 5. The molecule has 4 heteroatoms. The normalized spacial score (nSPS) is 25.6. The molecule has 0 radical (unpaired) electrons. The summed E-state index contributed by atoms with van der Waals surface area (Å²) in [5.41, 5.74) is 0.367. The van der Waals surface area contributed by atoms with Gasteiger partial charge in [-0.25, -0.2) is 4.98 Å². The maximum Gasteiger partial charge on any atom is 0.110 e. The molecule has 2 atom stereocenters. The first-order chi connectivity index (χ1) is 9.54. The van der Waals surface area contributed by atoms with E-state index >= 15 is 0 Å². The van der Waals surface area contributed by atoms with Crippen molar-refractivity contribution in [2.45, 2.75) is 62.8 Å². The quantitative estimate of drug-likeness (QED) is 0.813. The Bertz CT molecular complexity index is 436. The van der Waals surface area contributed by atoms with Crippen molar-refractivity contribution in [2.75, 3.05) is 6.54 Å². The van der Waals surface area contributed by atoms with E-state index in [4.69, 9.17) is 0 Å². The van der Waals surface area contributed by atoms with Gasteiger partial charge in [-0.15, -0.1) is 11.8 Å². The number of halogens is 1. The van der Waals surface area contributed by atoms with Crippen LogP contribution in [0.1, 0.15) is 46.5 Å². The molecule has 0 amide bonds. The molecule has 1 aromatic heterocycles. The summed E-state index contributed by atoms with van der Waals surface area (Å²) in [5, 5.41) is 5.52. The number of pyridine rings is 1. The maximum absolute atomic E-state index is 4.52. The van der Waals surface area contributed by atoms with E-state index in [2.05, 4.69) is 53.1 Å². The van der Waals surface area contributed by atoms with Gasteiger partial charge in [0, 0.05) is 22.0 Å². The zero-order chi connectivity index (χ0) is 14.6. The highest BCUT2D eigenvalue weighted by Gasteiger charge is 2.39. The third-order valence-electron chi connectivity index (χ3n) is 4.13. The summed E-state index contributed by atoms with van der Waals surface area (Å²) in [5.74, 6) is 0. The van der Waals surface area contributed by atoms with Crippen molar-refractivity contribution in [1.82, 2.24) is 10.3 Å². The van der Waals surface area contributed by atoms with Crippen LogP contribution in [0.25, 0.3) is 0 Å². The Morgan fingerprint density at radius 2 is 2.30 bits per heavy atom. The molecule has 1 aliphatic rings. The van der Waals surface area contributed by atoms with Gasteiger partial charge in [0.05, 0.1) is 0 Å². The van der Waals surface area contributed by atoms with E-state index in [9.17, 15) is 0 Å². The minimum absolute atomic E-state index is 0.367. The van der Waals surface area contributed by atoms with E-state index in [1.165, 1.54) is 25.7 Å². The first kappa shape index (κ1) is 16.3. The van der Waals surface area contributed by atoms with Crippen molar-refractivity contribution in [3.05, 3.63) is 22.8 Å². The minimum atomic E-state index is 0.367. The Kier molecular flexibility index (Phi) is 5.94. The third kappa shape index (κ3) is 3.99. The molecular weight excluding hydrogens is 332 g/mol. The van der Waals surface area contributed by atoms with Gasteiger partial charge in [-0.3, -0.25) is 0 Å². The van der Waals surface area contributed by atoms with Crippen molar-refractivity contribution in [3.63, 3.8) is 0 Å². The molecule has 112 valence electrons. The van der Waals surface area contributed by atoms with Crippen molar-refractivity contribution in [2.24, 2.45) is 5.41 Å². The average Bonchev–Trinajstić information content (AvgIpc) is 2.40. The lowest BCUT2D eigenvalue weighted by atomic mass is 9.73. The van der Waals surface area contributed by atoms with Crippen LogP contribution in [0.5, 0.6) is 0 Å². The largest absolute Gasteiger partial charge is 0.312 e. The Morgan fingerprint density at radius 1 is 1.50 bits per heavy atom. The molecule has 1 fully saturated rings. The molecule has 0 bridgehead atoms. The van der Waals surface area contributed by atoms with Crippen LogP contribution < -0.4 is 5.32 Å². The van der Waals surface area contributed by atoms with E-state index in [-0.39, 0.29) is 0 Å². The van der Waals surface area contributed by atoms with E-state index in [1.807, 2.05) is 24.0 Å². The van der Waals surface area contributed by atoms with Crippen LogP contribution in [0.2, 0.25) is 0 Å². The van der Waals surface area contributed by atoms with Gasteiger partial charge in [-0.05, 0) is 59.3 Å². The van der Waals surface area contributed by atoms with Crippen molar-refractivity contribution < 1.29 is 0 Å². The smallest absolute Gasteiger partial charge is 0.110 e. The SMILES string of the molecule is CCCNC1C(Sc2ncccc2Br)CCCC1(C)C. The minimum Gasteiger partial charge on any atom is -0.312 e. The standard InChI is InChI=1S/C16H25BrN2S/c1-4-10-18-14-13(8-5-9-16(14,2)3)20-15-12(17)7-6-11-19-15/h6-7,11,13-14,18H,4-5,8-10H2,1-3H3. The van der Waals surface area contributed by atoms with Gasteiger partial charge in [0.1, 0.15) is 5.03 Å². The highest BCUT2D eigenvalue weighted by Crippen LogP contribution is 2.43. The molecule has 2 rings (SSSR count). The second-order valence-corrected chi connectivity index (χ2v) is 8.34. The lowest BCUT2D eigenvalue weighted by molar-refractivity contribution is 0.175. The van der Waals surface area contributed by atoms with Gasteiger partial charge >= 0.3 is 0 Å². The summed E-state index contributed by atoms with van der Waals surface area (Å²) in [6.07, 6.45) is 6.99. The Hall–Kier alpha value is -0.0600. The topological polar surface area (TPSA) is 24.9 Å². The summed E-state index contributed by atoms with van der Waals surface area (Å²) in [6, 6.07) is 4.62. The van der Waals surface area contributed by atoms with Gasteiger partial charge in [0.15, 0.2) is 0 Å². The van der Waals surface area contributed by atoms with Crippen molar-refractivity contribution >= 4 is 27.7 Å². The van der Waals surface area contributed by atoms with Gasteiger partial charge in [0.2, 0.25) is 0 Å². The fraction of sp³-hybridized carbons (Fsp3) is 0.688. The zero-order valence-corrected chi connectivity index (χ0v) is 15.1. The summed E-state index contributed by atoms with van der Waals surface area (Å²) >= 11 is 5.55. The van der Waals surface area contributed by atoms with Crippen LogP contribution in [0.3, 0.4) is 0 Å². The van der Waals surface area contributed by atoms with Gasteiger partial charge in [-0.1, -0.05) is 27.2 Å². The van der Waals surface area contributed by atoms with Gasteiger partial charge in [-0.2, -0.15) is 0 Å². The molecule has 1 heterocycles. The Balaban J connectivity index is 2.13. The molecule has 1 aromatic rings. The van der Waals surface area contributed by atoms with Gasteiger partial charge < -0.3 is 5.32 Å². The molecule has 20 heavy (non-hydrogen) atoms. The Labute approximate surface area is 135 Å². The van der Waals surface area contributed by atoms with Crippen LogP contribution in [-0.2, 0) is 0 Å². The third-order valence-corrected chi connectivity index (χ3v) is 6.39. The number of aromatic nitrogens is 1. The molecule has 0 spiro atoms. The van der Waals surface area contributed by atoms with Crippen LogP contribution in [0.15, 0.2) is 27.8 Å². The molecular formula is C16H25BrN2S. The summed E-state index contributed by atoms with van der Waals surface area (Å²) < 4.78 is 1.11. The molecule has 0 saturated heterocycles. The monoisotopic (exact) mass is 356 g/mol. The number of nitrogens with one attached hydrogen (secondary N) is 1. The van der Waals surface area contributed by atoms with E-state index in [0.29, 0.717) is 16.7 Å². The maximum atomic E-state index is 4.52. The zero-order valence-electron chi connectivity index (χ0n) is 12.7. The van der Waals surface area contributed by atoms with Gasteiger partial charge in [0.25, 0.3) is 0 Å².